The van der Waals surface area contributed by atoms with E-state index in [2.05, 4.69) is 15.9 Å². The van der Waals surface area contributed by atoms with E-state index in [1.807, 2.05) is 0 Å². The van der Waals surface area contributed by atoms with Crippen molar-refractivity contribution < 1.29 is 13.9 Å². The lowest BCUT2D eigenvalue weighted by molar-refractivity contribution is 0.112. The van der Waals surface area contributed by atoms with Crippen LogP contribution in [0.15, 0.2) is 40.9 Å². The Morgan fingerprint density at radius 2 is 2.11 bits per heavy atom. The standard InChI is InChI=1S/C14H9BrClFO2/c15-11-6-9(7-18)4-5-13(11)19-8-10-2-1-3-12(17)14(10)16/h1-7H,8H2. The zero-order valence-corrected chi connectivity index (χ0v) is 12.0. The number of hydrogen-bond donors (Lipinski definition) is 0. The summed E-state index contributed by atoms with van der Waals surface area (Å²) >= 11 is 9.14. The molecule has 0 bridgehead atoms. The van der Waals surface area contributed by atoms with Gasteiger partial charge in [-0.05, 0) is 40.2 Å². The first kappa shape index (κ1) is 14.0. The van der Waals surface area contributed by atoms with Gasteiger partial charge in [0.15, 0.2) is 0 Å². The van der Waals surface area contributed by atoms with Crippen LogP contribution >= 0.6 is 27.5 Å². The van der Waals surface area contributed by atoms with Gasteiger partial charge in [0.05, 0.1) is 9.50 Å². The molecule has 98 valence electrons. The number of halogens is 3. The molecule has 0 amide bonds. The van der Waals surface area contributed by atoms with Gasteiger partial charge >= 0.3 is 0 Å². The van der Waals surface area contributed by atoms with Crippen LogP contribution in [0.4, 0.5) is 4.39 Å². The van der Waals surface area contributed by atoms with Crippen LogP contribution in [0.1, 0.15) is 15.9 Å². The maximum Gasteiger partial charge on any atom is 0.150 e. The molecule has 0 aliphatic heterocycles. The number of benzene rings is 2. The molecule has 0 atom stereocenters. The van der Waals surface area contributed by atoms with Crippen molar-refractivity contribution in [2.24, 2.45) is 0 Å². The summed E-state index contributed by atoms with van der Waals surface area (Å²) in [5, 5.41) is 0.0585. The molecule has 2 aromatic carbocycles. The van der Waals surface area contributed by atoms with Gasteiger partial charge in [0.25, 0.3) is 0 Å². The number of hydrogen-bond acceptors (Lipinski definition) is 2. The minimum Gasteiger partial charge on any atom is -0.488 e. The van der Waals surface area contributed by atoms with Crippen LogP contribution < -0.4 is 4.74 Å². The van der Waals surface area contributed by atoms with Crippen LogP contribution in [0.5, 0.6) is 5.75 Å². The summed E-state index contributed by atoms with van der Waals surface area (Å²) in [6.07, 6.45) is 0.748. The van der Waals surface area contributed by atoms with E-state index in [9.17, 15) is 9.18 Å². The molecule has 0 saturated carbocycles. The molecule has 0 radical (unpaired) electrons. The Morgan fingerprint density at radius 1 is 1.32 bits per heavy atom. The van der Waals surface area contributed by atoms with Gasteiger partial charge in [-0.3, -0.25) is 4.79 Å². The average molecular weight is 344 g/mol. The molecule has 2 nitrogen and oxygen atoms in total. The largest absolute Gasteiger partial charge is 0.488 e. The molecule has 0 N–H and O–H groups in total. The van der Waals surface area contributed by atoms with Crippen molar-refractivity contribution in [1.82, 2.24) is 0 Å². The number of ether oxygens (including phenoxy) is 1. The summed E-state index contributed by atoms with van der Waals surface area (Å²) in [7, 11) is 0. The zero-order valence-electron chi connectivity index (χ0n) is 9.70. The molecular weight excluding hydrogens is 335 g/mol. The lowest BCUT2D eigenvalue weighted by Gasteiger charge is -2.10. The van der Waals surface area contributed by atoms with Crippen molar-refractivity contribution in [1.29, 1.82) is 0 Å². The van der Waals surface area contributed by atoms with E-state index in [4.69, 9.17) is 16.3 Å². The number of carbonyl (C=O) groups is 1. The van der Waals surface area contributed by atoms with E-state index in [0.717, 1.165) is 6.29 Å². The van der Waals surface area contributed by atoms with Crippen LogP contribution in [0.3, 0.4) is 0 Å². The predicted molar refractivity (Wildman–Crippen MR) is 75.3 cm³/mol. The third kappa shape index (κ3) is 3.33. The fraction of sp³-hybridized carbons (Fsp3) is 0.0714. The zero-order chi connectivity index (χ0) is 13.8. The molecule has 19 heavy (non-hydrogen) atoms. The van der Waals surface area contributed by atoms with Crippen molar-refractivity contribution in [3.05, 3.63) is 62.8 Å². The topological polar surface area (TPSA) is 26.3 Å². The van der Waals surface area contributed by atoms with Gasteiger partial charge in [0.2, 0.25) is 0 Å². The molecule has 2 aromatic rings. The number of aldehydes is 1. The van der Waals surface area contributed by atoms with Gasteiger partial charge in [-0.1, -0.05) is 23.7 Å². The second-order valence-corrected chi connectivity index (χ2v) is 5.04. The highest BCUT2D eigenvalue weighted by Crippen LogP contribution is 2.27. The van der Waals surface area contributed by atoms with Gasteiger partial charge in [0, 0.05) is 11.1 Å². The van der Waals surface area contributed by atoms with Crippen molar-refractivity contribution in [2.75, 3.05) is 0 Å². The Balaban J connectivity index is 2.14. The molecule has 0 heterocycles. The van der Waals surface area contributed by atoms with Gasteiger partial charge < -0.3 is 4.74 Å². The number of carbonyl (C=O) groups excluding carboxylic acids is 1. The first-order chi connectivity index (χ1) is 9.11. The van der Waals surface area contributed by atoms with Crippen LogP contribution in [0.2, 0.25) is 5.02 Å². The molecule has 5 heteroatoms. The molecule has 2 rings (SSSR count). The molecule has 0 fully saturated rings. The van der Waals surface area contributed by atoms with E-state index in [-0.39, 0.29) is 11.6 Å². The van der Waals surface area contributed by atoms with E-state index >= 15 is 0 Å². The number of rotatable bonds is 4. The minimum absolute atomic E-state index is 0.0585. The Bertz CT molecular complexity index is 616. The smallest absolute Gasteiger partial charge is 0.150 e. The Labute approximate surface area is 123 Å². The quantitative estimate of drug-likeness (QED) is 0.756. The van der Waals surface area contributed by atoms with Crippen LogP contribution in [-0.4, -0.2) is 6.29 Å². The average Bonchev–Trinajstić information content (AvgIpc) is 2.41. The van der Waals surface area contributed by atoms with Gasteiger partial charge in [-0.15, -0.1) is 0 Å². The van der Waals surface area contributed by atoms with E-state index in [1.165, 1.54) is 6.07 Å². The third-order valence-corrected chi connectivity index (χ3v) is 3.55. The van der Waals surface area contributed by atoms with Gasteiger partial charge in [-0.25, -0.2) is 4.39 Å². The Morgan fingerprint density at radius 3 is 2.79 bits per heavy atom. The lowest BCUT2D eigenvalue weighted by atomic mass is 10.2. The fourth-order valence-electron chi connectivity index (χ4n) is 1.52. The molecule has 0 aliphatic rings. The highest BCUT2D eigenvalue weighted by molar-refractivity contribution is 9.10. The van der Waals surface area contributed by atoms with Crippen molar-refractivity contribution in [3.8, 4) is 5.75 Å². The molecule has 0 saturated heterocycles. The minimum atomic E-state index is -0.474. The van der Waals surface area contributed by atoms with Crippen molar-refractivity contribution in [2.45, 2.75) is 6.61 Å². The SMILES string of the molecule is O=Cc1ccc(OCc2cccc(F)c2Cl)c(Br)c1. The van der Waals surface area contributed by atoms with Crippen LogP contribution in [-0.2, 0) is 6.61 Å². The third-order valence-electron chi connectivity index (χ3n) is 2.51. The normalized spacial score (nSPS) is 10.3. The second kappa shape index (κ2) is 6.17. The summed E-state index contributed by atoms with van der Waals surface area (Å²) in [5.74, 6) is 0.0871. The van der Waals surface area contributed by atoms with Crippen LogP contribution in [0, 0.1) is 5.82 Å². The van der Waals surface area contributed by atoms with Crippen molar-refractivity contribution >= 4 is 33.8 Å². The van der Waals surface area contributed by atoms with Crippen LogP contribution in [0.25, 0.3) is 0 Å². The molecule has 0 spiro atoms. The van der Waals surface area contributed by atoms with Gasteiger partial charge in [-0.2, -0.15) is 0 Å². The summed E-state index contributed by atoms with van der Waals surface area (Å²) in [6.45, 7) is 0.148. The van der Waals surface area contributed by atoms with E-state index in [0.29, 0.717) is 21.3 Å². The first-order valence-corrected chi connectivity index (χ1v) is 6.59. The molecule has 0 aliphatic carbocycles. The second-order valence-electron chi connectivity index (χ2n) is 3.81. The van der Waals surface area contributed by atoms with E-state index in [1.54, 1.807) is 30.3 Å². The highest BCUT2D eigenvalue weighted by atomic mass is 79.9. The lowest BCUT2D eigenvalue weighted by Crippen LogP contribution is -1.98. The summed E-state index contributed by atoms with van der Waals surface area (Å²) in [6, 6.07) is 9.51. The summed E-state index contributed by atoms with van der Waals surface area (Å²) < 4.78 is 19.4. The Kier molecular flexibility index (Phi) is 4.56. The fourth-order valence-corrected chi connectivity index (χ4v) is 2.21. The molecule has 0 unspecified atom stereocenters. The maximum atomic E-state index is 13.2. The van der Waals surface area contributed by atoms with E-state index < -0.39 is 5.82 Å². The maximum absolute atomic E-state index is 13.2. The molecular formula is C14H9BrClFO2. The predicted octanol–water partition coefficient (Wildman–Crippen LogP) is 4.63. The van der Waals surface area contributed by atoms with Gasteiger partial charge in [0.1, 0.15) is 24.5 Å². The summed E-state index contributed by atoms with van der Waals surface area (Å²) in [5.41, 5.74) is 1.11. The van der Waals surface area contributed by atoms with Crippen molar-refractivity contribution in [3.63, 3.8) is 0 Å². The Hall–Kier alpha value is -1.39. The first-order valence-electron chi connectivity index (χ1n) is 5.42. The highest BCUT2D eigenvalue weighted by Gasteiger charge is 2.08. The molecule has 0 aromatic heterocycles. The summed E-state index contributed by atoms with van der Waals surface area (Å²) in [4.78, 5) is 10.6. The monoisotopic (exact) mass is 342 g/mol.